The van der Waals surface area contributed by atoms with Gasteiger partial charge in [0.2, 0.25) is 0 Å². The number of nitrogens with zero attached hydrogens (tertiary/aromatic N) is 1. The Balaban J connectivity index is 1.60. The first-order chi connectivity index (χ1) is 17.9. The van der Waals surface area contributed by atoms with Crippen LogP contribution in [0, 0.1) is 5.82 Å². The molecule has 0 bridgehead atoms. The Morgan fingerprint density at radius 1 is 1.03 bits per heavy atom. The molecular formula is C29H25BrFNO4S. The molecule has 0 spiro atoms. The van der Waals surface area contributed by atoms with Crippen LogP contribution in [-0.2, 0) is 24.4 Å². The van der Waals surface area contributed by atoms with Gasteiger partial charge in [-0.25, -0.2) is 4.39 Å². The fraction of sp³-hybridized carbons (Fsp3) is 0.172. The summed E-state index contributed by atoms with van der Waals surface area (Å²) in [5.74, 6) is 0.405. The SMILES string of the molecule is C=CCc1cc(/C=C2\SC(=O)N(Cc3ccc(F)cc3)C2=O)cc(OCC)c1OCc1ccc(Br)cc1. The van der Waals surface area contributed by atoms with Gasteiger partial charge in [0.05, 0.1) is 18.1 Å². The molecule has 5 nitrogen and oxygen atoms in total. The number of ether oxygens (including phenoxy) is 2. The lowest BCUT2D eigenvalue weighted by molar-refractivity contribution is -0.123. The predicted octanol–water partition coefficient (Wildman–Crippen LogP) is 7.53. The van der Waals surface area contributed by atoms with Gasteiger partial charge in [0.25, 0.3) is 11.1 Å². The van der Waals surface area contributed by atoms with Gasteiger partial charge < -0.3 is 9.47 Å². The second kappa shape index (κ2) is 12.3. The van der Waals surface area contributed by atoms with E-state index in [1.54, 1.807) is 30.4 Å². The molecule has 1 fully saturated rings. The van der Waals surface area contributed by atoms with Gasteiger partial charge in [-0.15, -0.1) is 6.58 Å². The standard InChI is InChI=1S/C29H25BrFNO4S/c1-3-5-22-14-21(15-25(35-4-2)27(22)36-18-20-6-10-23(30)11-7-20)16-26-28(33)32(29(34)37-26)17-19-8-12-24(31)13-9-19/h3,6-16H,1,4-5,17-18H2,2H3/b26-16-. The summed E-state index contributed by atoms with van der Waals surface area (Å²) in [6.07, 6.45) is 3.99. The van der Waals surface area contributed by atoms with Crippen LogP contribution >= 0.6 is 27.7 Å². The first-order valence-electron chi connectivity index (χ1n) is 11.7. The Morgan fingerprint density at radius 2 is 1.73 bits per heavy atom. The van der Waals surface area contributed by atoms with Crippen LogP contribution in [0.15, 0.2) is 82.7 Å². The van der Waals surface area contributed by atoms with Gasteiger partial charge in [0, 0.05) is 10.0 Å². The van der Waals surface area contributed by atoms with Crippen molar-refractivity contribution in [1.82, 2.24) is 4.90 Å². The van der Waals surface area contributed by atoms with Crippen LogP contribution < -0.4 is 9.47 Å². The zero-order valence-corrected chi connectivity index (χ0v) is 22.6. The molecule has 3 aromatic carbocycles. The van der Waals surface area contributed by atoms with E-state index < -0.39 is 5.91 Å². The third-order valence-electron chi connectivity index (χ3n) is 5.54. The van der Waals surface area contributed by atoms with Gasteiger partial charge in [-0.1, -0.05) is 46.3 Å². The predicted molar refractivity (Wildman–Crippen MR) is 148 cm³/mol. The van der Waals surface area contributed by atoms with Crippen molar-refractivity contribution >= 4 is 44.9 Å². The molecule has 0 unspecified atom stereocenters. The van der Waals surface area contributed by atoms with Crippen molar-refractivity contribution in [2.45, 2.75) is 26.5 Å². The van der Waals surface area contributed by atoms with E-state index in [1.807, 2.05) is 37.3 Å². The number of carbonyl (C=O) groups is 2. The highest BCUT2D eigenvalue weighted by molar-refractivity contribution is 9.10. The van der Waals surface area contributed by atoms with E-state index >= 15 is 0 Å². The summed E-state index contributed by atoms with van der Waals surface area (Å²) < 4.78 is 26.3. The van der Waals surface area contributed by atoms with E-state index in [-0.39, 0.29) is 17.6 Å². The van der Waals surface area contributed by atoms with Crippen LogP contribution in [0.1, 0.15) is 29.2 Å². The van der Waals surface area contributed by atoms with E-state index in [2.05, 4.69) is 22.5 Å². The largest absolute Gasteiger partial charge is 0.490 e. The minimum atomic E-state index is -0.391. The lowest BCUT2D eigenvalue weighted by Gasteiger charge is -2.17. The molecule has 2 amide bonds. The zero-order valence-electron chi connectivity index (χ0n) is 20.2. The van der Waals surface area contributed by atoms with Gasteiger partial charge in [-0.3, -0.25) is 14.5 Å². The molecule has 1 heterocycles. The summed E-state index contributed by atoms with van der Waals surface area (Å²) >= 11 is 4.32. The van der Waals surface area contributed by atoms with Crippen molar-refractivity contribution in [3.05, 3.63) is 111 Å². The van der Waals surface area contributed by atoms with Gasteiger partial charge in [0.1, 0.15) is 12.4 Å². The second-order valence-electron chi connectivity index (χ2n) is 8.24. The molecule has 0 N–H and O–H groups in total. The molecule has 0 aromatic heterocycles. The number of allylic oxidation sites excluding steroid dienone is 1. The molecule has 8 heteroatoms. The number of amides is 2. The Kier molecular flexibility index (Phi) is 8.84. The molecule has 4 rings (SSSR count). The maximum atomic E-state index is 13.2. The van der Waals surface area contributed by atoms with E-state index in [9.17, 15) is 14.0 Å². The lowest BCUT2D eigenvalue weighted by atomic mass is 10.0. The first-order valence-corrected chi connectivity index (χ1v) is 13.3. The molecule has 0 aliphatic carbocycles. The normalized spacial score (nSPS) is 14.4. The van der Waals surface area contributed by atoms with Gasteiger partial charge in [-0.2, -0.15) is 0 Å². The van der Waals surface area contributed by atoms with Crippen molar-refractivity contribution in [3.8, 4) is 11.5 Å². The van der Waals surface area contributed by atoms with Crippen LogP contribution in [0.25, 0.3) is 6.08 Å². The summed E-state index contributed by atoms with van der Waals surface area (Å²) in [5, 5.41) is -0.369. The number of thioether (sulfide) groups is 1. The molecule has 1 aliphatic rings. The average Bonchev–Trinajstić information content (AvgIpc) is 3.13. The van der Waals surface area contributed by atoms with Crippen LogP contribution in [0.2, 0.25) is 0 Å². The Hall–Kier alpha value is -3.36. The average molecular weight is 582 g/mol. The quantitative estimate of drug-likeness (QED) is 0.183. The van der Waals surface area contributed by atoms with Gasteiger partial charge in [0.15, 0.2) is 11.5 Å². The summed E-state index contributed by atoms with van der Waals surface area (Å²) in [4.78, 5) is 27.1. The first kappa shape index (κ1) is 26.7. The minimum Gasteiger partial charge on any atom is -0.490 e. The highest BCUT2D eigenvalue weighted by atomic mass is 79.9. The zero-order chi connectivity index (χ0) is 26.4. The maximum Gasteiger partial charge on any atom is 0.293 e. The fourth-order valence-electron chi connectivity index (χ4n) is 3.80. The molecule has 1 aliphatic heterocycles. The van der Waals surface area contributed by atoms with E-state index in [0.717, 1.165) is 32.3 Å². The molecule has 1 saturated heterocycles. The summed E-state index contributed by atoms with van der Waals surface area (Å²) in [7, 11) is 0. The summed E-state index contributed by atoms with van der Waals surface area (Å²) in [5.41, 5.74) is 3.25. The molecular weight excluding hydrogens is 557 g/mol. The number of hydrogen-bond donors (Lipinski definition) is 0. The minimum absolute atomic E-state index is 0.0804. The smallest absolute Gasteiger partial charge is 0.293 e. The molecule has 3 aromatic rings. The molecule has 0 saturated carbocycles. The van der Waals surface area contributed by atoms with Crippen molar-refractivity contribution in [3.63, 3.8) is 0 Å². The van der Waals surface area contributed by atoms with Gasteiger partial charge in [-0.05, 0) is 84.3 Å². The van der Waals surface area contributed by atoms with Crippen molar-refractivity contribution < 1.29 is 23.5 Å². The molecule has 0 radical (unpaired) electrons. The van der Waals surface area contributed by atoms with Crippen LogP contribution in [0.5, 0.6) is 11.5 Å². The molecule has 0 atom stereocenters. The van der Waals surface area contributed by atoms with Crippen molar-refractivity contribution in [1.29, 1.82) is 0 Å². The van der Waals surface area contributed by atoms with Gasteiger partial charge >= 0.3 is 0 Å². The second-order valence-corrected chi connectivity index (χ2v) is 10.2. The van der Waals surface area contributed by atoms with Crippen molar-refractivity contribution in [2.75, 3.05) is 6.61 Å². The Labute approximate surface area is 228 Å². The maximum absolute atomic E-state index is 13.2. The molecule has 37 heavy (non-hydrogen) atoms. The third-order valence-corrected chi connectivity index (χ3v) is 6.98. The van der Waals surface area contributed by atoms with E-state index in [0.29, 0.717) is 47.2 Å². The van der Waals surface area contributed by atoms with Crippen LogP contribution in [-0.4, -0.2) is 22.7 Å². The highest BCUT2D eigenvalue weighted by Gasteiger charge is 2.35. The number of imide groups is 1. The highest BCUT2D eigenvalue weighted by Crippen LogP contribution is 2.38. The fourth-order valence-corrected chi connectivity index (χ4v) is 4.90. The van der Waals surface area contributed by atoms with Crippen LogP contribution in [0.3, 0.4) is 0 Å². The number of carbonyl (C=O) groups excluding carboxylic acids is 2. The van der Waals surface area contributed by atoms with Crippen molar-refractivity contribution in [2.24, 2.45) is 0 Å². The monoisotopic (exact) mass is 581 g/mol. The number of hydrogen-bond acceptors (Lipinski definition) is 5. The van der Waals surface area contributed by atoms with Crippen LogP contribution in [0.4, 0.5) is 9.18 Å². The third kappa shape index (κ3) is 6.70. The topological polar surface area (TPSA) is 55.8 Å². The number of halogens is 2. The number of rotatable bonds is 10. The number of benzene rings is 3. The summed E-state index contributed by atoms with van der Waals surface area (Å²) in [6, 6.07) is 17.3. The Morgan fingerprint density at radius 3 is 2.41 bits per heavy atom. The lowest BCUT2D eigenvalue weighted by Crippen LogP contribution is -2.27. The molecule has 190 valence electrons. The van der Waals surface area contributed by atoms with E-state index in [1.165, 1.54) is 12.1 Å². The summed E-state index contributed by atoms with van der Waals surface area (Å²) in [6.45, 7) is 6.62. The van der Waals surface area contributed by atoms with E-state index in [4.69, 9.17) is 9.47 Å². The Bertz CT molecular complexity index is 1340.